The van der Waals surface area contributed by atoms with Crippen molar-refractivity contribution in [2.45, 2.75) is 66.2 Å². The summed E-state index contributed by atoms with van der Waals surface area (Å²) < 4.78 is 12.0. The highest BCUT2D eigenvalue weighted by Gasteiger charge is 2.17. The van der Waals surface area contributed by atoms with Crippen molar-refractivity contribution < 1.29 is 19.1 Å². The molecule has 138 valence electrons. The second-order valence-electron chi connectivity index (χ2n) is 5.98. The Morgan fingerprint density at radius 1 is 1.00 bits per heavy atom. The second kappa shape index (κ2) is 10.4. The number of nitrogens with zero attached hydrogens (tertiary/aromatic N) is 3. The molecule has 0 N–H and O–H groups in total. The van der Waals surface area contributed by atoms with E-state index in [0.717, 1.165) is 25.7 Å². The molecule has 1 aromatic rings. The van der Waals surface area contributed by atoms with Crippen LogP contribution in [0, 0.1) is 0 Å². The van der Waals surface area contributed by atoms with Gasteiger partial charge in [0.25, 0.3) is 0 Å². The Labute approximate surface area is 148 Å². The average molecular weight is 349 g/mol. The first-order chi connectivity index (χ1) is 11.9. The van der Waals surface area contributed by atoms with Crippen LogP contribution in [0.4, 0.5) is 0 Å². The van der Waals surface area contributed by atoms with Crippen LogP contribution in [-0.2, 0) is 38.8 Å². The summed E-state index contributed by atoms with van der Waals surface area (Å²) in [5, 5.41) is 8.16. The van der Waals surface area contributed by atoms with Crippen LogP contribution in [0.3, 0.4) is 0 Å². The Hall–Kier alpha value is -2.44. The molecule has 7 nitrogen and oxygen atoms in total. The van der Waals surface area contributed by atoms with Gasteiger partial charge in [0.2, 0.25) is 0 Å². The molecule has 1 rings (SSSR count). The topological polar surface area (TPSA) is 83.3 Å². The lowest BCUT2D eigenvalue weighted by atomic mass is 10.2. The standard InChI is InChI=1S/C18H27N3O4/c1-6-7-8-9-10-21-16(12-25-18(23)14(4)5)15(19-20-21)11-24-17(22)13(2)3/h2,4,6-12H2,1,3,5H3. The zero-order chi connectivity index (χ0) is 18.8. The number of carbonyl (C=O) groups excluding carboxylic acids is 2. The maximum absolute atomic E-state index is 11.6. The zero-order valence-electron chi connectivity index (χ0n) is 15.3. The SMILES string of the molecule is C=C(C)C(=O)OCc1nnn(CCCCCC)c1COC(=O)C(=C)C. The molecule has 1 aromatic heterocycles. The van der Waals surface area contributed by atoms with Crippen molar-refractivity contribution in [1.29, 1.82) is 0 Å². The molecule has 0 saturated carbocycles. The fourth-order valence-corrected chi connectivity index (χ4v) is 2.02. The molecule has 0 atom stereocenters. The van der Waals surface area contributed by atoms with Gasteiger partial charge in [0.15, 0.2) is 0 Å². The molecule has 7 heteroatoms. The van der Waals surface area contributed by atoms with E-state index in [9.17, 15) is 9.59 Å². The fourth-order valence-electron chi connectivity index (χ4n) is 2.02. The van der Waals surface area contributed by atoms with Gasteiger partial charge in [-0.25, -0.2) is 14.3 Å². The summed E-state index contributed by atoms with van der Waals surface area (Å²) in [6.45, 7) is 13.0. The third-order valence-electron chi connectivity index (χ3n) is 3.52. The molecule has 0 amide bonds. The van der Waals surface area contributed by atoms with Crippen LogP contribution < -0.4 is 0 Å². The van der Waals surface area contributed by atoms with Crippen LogP contribution in [0.5, 0.6) is 0 Å². The molecule has 0 aliphatic carbocycles. The van der Waals surface area contributed by atoms with E-state index in [1.54, 1.807) is 18.5 Å². The van der Waals surface area contributed by atoms with Crippen molar-refractivity contribution in [3.05, 3.63) is 35.7 Å². The summed E-state index contributed by atoms with van der Waals surface area (Å²) in [6.07, 6.45) is 4.32. The van der Waals surface area contributed by atoms with Crippen LogP contribution >= 0.6 is 0 Å². The van der Waals surface area contributed by atoms with Crippen molar-refractivity contribution in [2.75, 3.05) is 0 Å². The van der Waals surface area contributed by atoms with Gasteiger partial charge in [-0.05, 0) is 20.3 Å². The number of hydrogen-bond acceptors (Lipinski definition) is 6. The van der Waals surface area contributed by atoms with E-state index in [4.69, 9.17) is 9.47 Å². The van der Waals surface area contributed by atoms with Crippen LogP contribution in [0.2, 0.25) is 0 Å². The van der Waals surface area contributed by atoms with Gasteiger partial charge in [0, 0.05) is 17.7 Å². The predicted molar refractivity (Wildman–Crippen MR) is 93.4 cm³/mol. The van der Waals surface area contributed by atoms with Gasteiger partial charge in [-0.15, -0.1) is 5.10 Å². The van der Waals surface area contributed by atoms with Gasteiger partial charge >= 0.3 is 11.9 Å². The van der Waals surface area contributed by atoms with Crippen molar-refractivity contribution in [3.63, 3.8) is 0 Å². The number of carbonyl (C=O) groups is 2. The molecular formula is C18H27N3O4. The van der Waals surface area contributed by atoms with E-state index in [2.05, 4.69) is 30.4 Å². The maximum Gasteiger partial charge on any atom is 0.333 e. The third kappa shape index (κ3) is 6.91. The van der Waals surface area contributed by atoms with E-state index < -0.39 is 11.9 Å². The van der Waals surface area contributed by atoms with Crippen molar-refractivity contribution in [1.82, 2.24) is 15.0 Å². The number of rotatable bonds is 11. The van der Waals surface area contributed by atoms with Gasteiger partial charge in [0.05, 0.1) is 0 Å². The normalized spacial score (nSPS) is 10.4. The number of hydrogen-bond donors (Lipinski definition) is 0. The van der Waals surface area contributed by atoms with E-state index in [0.29, 0.717) is 29.1 Å². The van der Waals surface area contributed by atoms with Gasteiger partial charge in [0.1, 0.15) is 24.6 Å². The largest absolute Gasteiger partial charge is 0.456 e. The summed E-state index contributed by atoms with van der Waals surface area (Å²) in [6, 6.07) is 0. The molecular weight excluding hydrogens is 322 g/mol. The Kier molecular flexibility index (Phi) is 8.60. The molecule has 0 aliphatic rings. The lowest BCUT2D eigenvalue weighted by Crippen LogP contribution is -2.13. The lowest BCUT2D eigenvalue weighted by molar-refractivity contribution is -0.142. The van der Waals surface area contributed by atoms with E-state index in [1.165, 1.54) is 0 Å². The minimum atomic E-state index is -0.498. The fraction of sp³-hybridized carbons (Fsp3) is 0.556. The summed E-state index contributed by atoms with van der Waals surface area (Å²) in [5.41, 5.74) is 1.72. The number of unbranched alkanes of at least 4 members (excludes halogenated alkanes) is 3. The third-order valence-corrected chi connectivity index (χ3v) is 3.52. The quantitative estimate of drug-likeness (QED) is 0.347. The van der Waals surface area contributed by atoms with Crippen LogP contribution in [-0.4, -0.2) is 26.9 Å². The number of ether oxygens (including phenoxy) is 2. The first-order valence-electron chi connectivity index (χ1n) is 8.43. The average Bonchev–Trinajstić information content (AvgIpc) is 2.95. The van der Waals surface area contributed by atoms with Gasteiger partial charge in [-0.3, -0.25) is 0 Å². The van der Waals surface area contributed by atoms with Gasteiger partial charge < -0.3 is 9.47 Å². The Morgan fingerprint density at radius 3 is 2.16 bits per heavy atom. The number of aryl methyl sites for hydroxylation is 1. The summed E-state index contributed by atoms with van der Waals surface area (Å²) >= 11 is 0. The molecule has 0 saturated heterocycles. The highest BCUT2D eigenvalue weighted by atomic mass is 16.5. The summed E-state index contributed by atoms with van der Waals surface area (Å²) in [7, 11) is 0. The molecule has 1 heterocycles. The predicted octanol–water partition coefficient (Wildman–Crippen LogP) is 3.10. The molecule has 0 spiro atoms. The Morgan fingerprint density at radius 2 is 1.60 bits per heavy atom. The van der Waals surface area contributed by atoms with E-state index >= 15 is 0 Å². The van der Waals surface area contributed by atoms with Crippen molar-refractivity contribution >= 4 is 11.9 Å². The smallest absolute Gasteiger partial charge is 0.333 e. The second-order valence-corrected chi connectivity index (χ2v) is 5.98. The Bertz CT molecular complexity index is 634. The summed E-state index contributed by atoms with van der Waals surface area (Å²) in [5.74, 6) is -0.981. The van der Waals surface area contributed by atoms with Gasteiger partial charge in [-0.1, -0.05) is 44.6 Å². The molecule has 0 aromatic carbocycles. The molecule has 25 heavy (non-hydrogen) atoms. The molecule has 0 unspecified atom stereocenters. The number of aromatic nitrogens is 3. The van der Waals surface area contributed by atoms with Crippen molar-refractivity contribution in [3.8, 4) is 0 Å². The first-order valence-corrected chi connectivity index (χ1v) is 8.43. The van der Waals surface area contributed by atoms with E-state index in [-0.39, 0.29) is 13.2 Å². The molecule has 0 bridgehead atoms. The van der Waals surface area contributed by atoms with E-state index in [1.807, 2.05) is 0 Å². The number of esters is 2. The van der Waals surface area contributed by atoms with Crippen LogP contribution in [0.25, 0.3) is 0 Å². The molecule has 0 aliphatic heterocycles. The minimum absolute atomic E-state index is 0.00638. The van der Waals surface area contributed by atoms with Crippen LogP contribution in [0.1, 0.15) is 57.8 Å². The van der Waals surface area contributed by atoms with Crippen LogP contribution in [0.15, 0.2) is 24.3 Å². The molecule has 0 radical (unpaired) electrons. The first kappa shape index (κ1) is 20.6. The minimum Gasteiger partial charge on any atom is -0.456 e. The van der Waals surface area contributed by atoms with Gasteiger partial charge in [-0.2, -0.15) is 0 Å². The van der Waals surface area contributed by atoms with Crippen molar-refractivity contribution in [2.24, 2.45) is 0 Å². The molecule has 0 fully saturated rings. The monoisotopic (exact) mass is 349 g/mol. The zero-order valence-corrected chi connectivity index (χ0v) is 15.3. The maximum atomic E-state index is 11.6. The highest BCUT2D eigenvalue weighted by Crippen LogP contribution is 2.13. The lowest BCUT2D eigenvalue weighted by Gasteiger charge is -2.09. The highest BCUT2D eigenvalue weighted by molar-refractivity contribution is 5.87. The Balaban J connectivity index is 2.81. The summed E-state index contributed by atoms with van der Waals surface area (Å²) in [4.78, 5) is 23.2.